The molecule has 0 atom stereocenters. The molecule has 1 N–H and O–H groups in total. The highest BCUT2D eigenvalue weighted by Gasteiger charge is 2.12. The van der Waals surface area contributed by atoms with E-state index in [9.17, 15) is 0 Å². The highest BCUT2D eigenvalue weighted by Crippen LogP contribution is 2.34. The molecule has 2 heterocycles. The standard InChI is InChI=1S/C19H15NO/c1-3-7-12-14-10-15-13-8-5-6-9-18(13)21-19(15)11-17(14)20-16(12)4-2/h3-11,20H,2H2,1H3/b7-3-. The van der Waals surface area contributed by atoms with Crippen LogP contribution in [-0.2, 0) is 0 Å². The first-order valence-electron chi connectivity index (χ1n) is 7.04. The first-order valence-corrected chi connectivity index (χ1v) is 7.04. The number of hydrogen-bond acceptors (Lipinski definition) is 1. The van der Waals surface area contributed by atoms with E-state index in [2.05, 4.69) is 35.8 Å². The summed E-state index contributed by atoms with van der Waals surface area (Å²) in [4.78, 5) is 3.41. The summed E-state index contributed by atoms with van der Waals surface area (Å²) in [5, 5.41) is 3.50. The number of furan rings is 1. The van der Waals surface area contributed by atoms with Crippen molar-refractivity contribution in [1.82, 2.24) is 4.98 Å². The third kappa shape index (κ3) is 1.66. The molecule has 2 nitrogen and oxygen atoms in total. The van der Waals surface area contributed by atoms with E-state index >= 15 is 0 Å². The normalized spacial score (nSPS) is 12.0. The largest absolute Gasteiger partial charge is 0.456 e. The molecule has 2 aromatic carbocycles. The van der Waals surface area contributed by atoms with E-state index in [1.54, 1.807) is 0 Å². The first-order chi connectivity index (χ1) is 10.3. The molecule has 0 fully saturated rings. The number of rotatable bonds is 2. The fourth-order valence-electron chi connectivity index (χ4n) is 2.96. The Labute approximate surface area is 122 Å². The molecule has 2 aromatic heterocycles. The third-order valence-electron chi connectivity index (χ3n) is 3.90. The molecule has 0 unspecified atom stereocenters. The third-order valence-corrected chi connectivity index (χ3v) is 3.90. The van der Waals surface area contributed by atoms with Gasteiger partial charge in [0.2, 0.25) is 0 Å². The van der Waals surface area contributed by atoms with Gasteiger partial charge in [-0.1, -0.05) is 36.9 Å². The predicted octanol–water partition coefficient (Wildman–Crippen LogP) is 5.74. The maximum Gasteiger partial charge on any atom is 0.137 e. The van der Waals surface area contributed by atoms with Crippen molar-refractivity contribution in [2.24, 2.45) is 0 Å². The molecule has 0 bridgehead atoms. The minimum Gasteiger partial charge on any atom is -0.456 e. The molecule has 0 aliphatic rings. The number of hydrogen-bond donors (Lipinski definition) is 1. The van der Waals surface area contributed by atoms with Crippen LogP contribution in [0.4, 0.5) is 0 Å². The monoisotopic (exact) mass is 273 g/mol. The topological polar surface area (TPSA) is 28.9 Å². The number of allylic oxidation sites excluding steroid dienone is 1. The molecule has 0 aliphatic carbocycles. The van der Waals surface area contributed by atoms with Crippen molar-refractivity contribution in [3.8, 4) is 0 Å². The number of benzene rings is 2. The lowest BCUT2D eigenvalue weighted by atomic mass is 10.1. The summed E-state index contributed by atoms with van der Waals surface area (Å²) in [5.74, 6) is 0. The molecule has 0 saturated heterocycles. The van der Waals surface area contributed by atoms with Crippen LogP contribution < -0.4 is 0 Å². The molecule has 4 aromatic rings. The molecule has 0 spiro atoms. The van der Waals surface area contributed by atoms with Crippen LogP contribution in [0.5, 0.6) is 0 Å². The SMILES string of the molecule is C=Cc1[nH]c2cc3oc4ccccc4c3cc2c1/C=C\C. The number of fused-ring (bicyclic) bond motifs is 4. The van der Waals surface area contributed by atoms with Gasteiger partial charge in [0.25, 0.3) is 0 Å². The highest BCUT2D eigenvalue weighted by atomic mass is 16.3. The summed E-state index contributed by atoms with van der Waals surface area (Å²) < 4.78 is 5.94. The van der Waals surface area contributed by atoms with Gasteiger partial charge in [0.05, 0.1) is 5.52 Å². The van der Waals surface area contributed by atoms with Gasteiger partial charge < -0.3 is 9.40 Å². The fraction of sp³-hybridized carbons (Fsp3) is 0.0526. The lowest BCUT2D eigenvalue weighted by Crippen LogP contribution is -1.74. The lowest BCUT2D eigenvalue weighted by molar-refractivity contribution is 0.669. The van der Waals surface area contributed by atoms with Gasteiger partial charge in [0.15, 0.2) is 0 Å². The summed E-state index contributed by atoms with van der Waals surface area (Å²) in [6.45, 7) is 5.91. The number of para-hydroxylation sites is 1. The molecule has 2 heteroatoms. The minimum absolute atomic E-state index is 0.910. The van der Waals surface area contributed by atoms with Crippen molar-refractivity contribution in [3.05, 3.63) is 60.3 Å². The van der Waals surface area contributed by atoms with Gasteiger partial charge in [-0.05, 0) is 25.1 Å². The maximum atomic E-state index is 5.94. The van der Waals surface area contributed by atoms with E-state index in [1.807, 2.05) is 37.3 Å². The fourth-order valence-corrected chi connectivity index (χ4v) is 2.96. The Hall–Kier alpha value is -2.74. The van der Waals surface area contributed by atoms with Crippen LogP contribution in [0.15, 0.2) is 53.5 Å². The second-order valence-electron chi connectivity index (χ2n) is 5.15. The van der Waals surface area contributed by atoms with Gasteiger partial charge in [-0.15, -0.1) is 0 Å². The van der Waals surface area contributed by atoms with Crippen LogP contribution in [0.3, 0.4) is 0 Å². The summed E-state index contributed by atoms with van der Waals surface area (Å²) in [7, 11) is 0. The maximum absolute atomic E-state index is 5.94. The van der Waals surface area contributed by atoms with Crippen molar-refractivity contribution < 1.29 is 4.42 Å². The second kappa shape index (κ2) is 4.38. The first kappa shape index (κ1) is 12.0. The second-order valence-corrected chi connectivity index (χ2v) is 5.15. The number of H-pyrrole nitrogens is 1. The molecule has 0 aliphatic heterocycles. The van der Waals surface area contributed by atoms with E-state index in [4.69, 9.17) is 4.42 Å². The minimum atomic E-state index is 0.910. The molecule has 4 rings (SSSR count). The Balaban J connectivity index is 2.18. The van der Waals surface area contributed by atoms with Crippen molar-refractivity contribution >= 4 is 45.0 Å². The Kier molecular flexibility index (Phi) is 2.51. The van der Waals surface area contributed by atoms with Crippen molar-refractivity contribution in [2.45, 2.75) is 6.92 Å². The zero-order valence-corrected chi connectivity index (χ0v) is 11.8. The van der Waals surface area contributed by atoms with E-state index in [1.165, 1.54) is 10.9 Å². The number of aromatic amines is 1. The van der Waals surface area contributed by atoms with Gasteiger partial charge in [-0.3, -0.25) is 0 Å². The predicted molar refractivity (Wildman–Crippen MR) is 90.4 cm³/mol. The smallest absolute Gasteiger partial charge is 0.137 e. The van der Waals surface area contributed by atoms with Gasteiger partial charge in [-0.2, -0.15) is 0 Å². The van der Waals surface area contributed by atoms with Gasteiger partial charge in [0.1, 0.15) is 11.2 Å². The average molecular weight is 273 g/mol. The summed E-state index contributed by atoms with van der Waals surface area (Å²) >= 11 is 0. The van der Waals surface area contributed by atoms with Crippen molar-refractivity contribution in [1.29, 1.82) is 0 Å². The molecule has 0 saturated carbocycles. The summed E-state index contributed by atoms with van der Waals surface area (Å²) in [5.41, 5.74) is 5.13. The van der Waals surface area contributed by atoms with E-state index < -0.39 is 0 Å². The van der Waals surface area contributed by atoms with Crippen LogP contribution in [-0.4, -0.2) is 4.98 Å². The zero-order chi connectivity index (χ0) is 14.4. The average Bonchev–Trinajstić information content (AvgIpc) is 3.03. The van der Waals surface area contributed by atoms with Gasteiger partial charge >= 0.3 is 0 Å². The van der Waals surface area contributed by atoms with Crippen LogP contribution in [0.1, 0.15) is 18.2 Å². The molecule has 0 radical (unpaired) electrons. The summed E-state index contributed by atoms with van der Waals surface area (Å²) in [6.07, 6.45) is 6.02. The van der Waals surface area contributed by atoms with Gasteiger partial charge in [-0.25, -0.2) is 0 Å². The highest BCUT2D eigenvalue weighted by molar-refractivity contribution is 6.11. The Bertz CT molecular complexity index is 1010. The Morgan fingerprint density at radius 2 is 1.90 bits per heavy atom. The molecule has 102 valence electrons. The van der Waals surface area contributed by atoms with E-state index in [-0.39, 0.29) is 0 Å². The zero-order valence-electron chi connectivity index (χ0n) is 11.8. The Morgan fingerprint density at radius 3 is 2.71 bits per heavy atom. The van der Waals surface area contributed by atoms with Crippen molar-refractivity contribution in [2.75, 3.05) is 0 Å². The van der Waals surface area contributed by atoms with Crippen LogP contribution in [0.25, 0.3) is 45.0 Å². The number of aromatic nitrogens is 1. The molecule has 0 amide bonds. The summed E-state index contributed by atoms with van der Waals surface area (Å²) in [6, 6.07) is 12.4. The molecular formula is C19H15NO. The van der Waals surface area contributed by atoms with E-state index in [0.29, 0.717) is 0 Å². The van der Waals surface area contributed by atoms with Crippen LogP contribution >= 0.6 is 0 Å². The van der Waals surface area contributed by atoms with Crippen LogP contribution in [0, 0.1) is 0 Å². The van der Waals surface area contributed by atoms with Gasteiger partial charge in [0, 0.05) is 33.5 Å². The van der Waals surface area contributed by atoms with Crippen molar-refractivity contribution in [3.63, 3.8) is 0 Å². The lowest BCUT2D eigenvalue weighted by Gasteiger charge is -1.94. The Morgan fingerprint density at radius 1 is 1.05 bits per heavy atom. The van der Waals surface area contributed by atoms with Crippen LogP contribution in [0.2, 0.25) is 0 Å². The van der Waals surface area contributed by atoms with E-state index in [0.717, 1.165) is 33.1 Å². The number of nitrogens with one attached hydrogen (secondary N) is 1. The molecular weight excluding hydrogens is 258 g/mol. The quantitative estimate of drug-likeness (QED) is 0.495. The molecule has 21 heavy (non-hydrogen) atoms.